The van der Waals surface area contributed by atoms with Gasteiger partial charge in [-0.05, 0) is 33.2 Å². The molecule has 1 aliphatic heterocycles. The van der Waals surface area contributed by atoms with Gasteiger partial charge in [-0.1, -0.05) is 48.5 Å². The number of benzene rings is 3. The second-order valence-corrected chi connectivity index (χ2v) is 6.84. The van der Waals surface area contributed by atoms with E-state index >= 15 is 0 Å². The molecule has 1 atom stereocenters. The summed E-state index contributed by atoms with van der Waals surface area (Å²) in [5, 5.41) is 16.4. The molecule has 1 fully saturated rings. The van der Waals surface area contributed by atoms with Crippen LogP contribution < -0.4 is 5.32 Å². The minimum absolute atomic E-state index is 0. The van der Waals surface area contributed by atoms with Crippen molar-refractivity contribution in [1.29, 1.82) is 0 Å². The second kappa shape index (κ2) is 8.07. The first-order valence-electron chi connectivity index (χ1n) is 8.95. The van der Waals surface area contributed by atoms with Crippen LogP contribution in [-0.2, 0) is 0 Å². The molecule has 0 unspecified atom stereocenters. The molecule has 3 nitrogen and oxygen atoms in total. The molecule has 1 saturated heterocycles. The number of alkyl halides is 2. The van der Waals surface area contributed by atoms with Gasteiger partial charge in [-0.2, -0.15) is 0 Å². The minimum atomic E-state index is -3.22. The van der Waals surface area contributed by atoms with E-state index in [0.29, 0.717) is 31.7 Å². The van der Waals surface area contributed by atoms with Gasteiger partial charge >= 0.3 is 0 Å². The Morgan fingerprint density at radius 1 is 0.963 bits per heavy atom. The lowest BCUT2D eigenvalue weighted by Crippen LogP contribution is -2.51. The molecule has 0 aliphatic carbocycles. The molecule has 6 heteroatoms. The fourth-order valence-corrected chi connectivity index (χ4v) is 4.03. The van der Waals surface area contributed by atoms with Crippen molar-refractivity contribution in [2.75, 3.05) is 32.8 Å². The highest BCUT2D eigenvalue weighted by atomic mass is 35.5. The van der Waals surface area contributed by atoms with Gasteiger partial charge in [-0.25, -0.2) is 8.78 Å². The third-order valence-corrected chi connectivity index (χ3v) is 5.22. The number of piperazine rings is 1. The molecule has 1 aliphatic rings. The molecule has 0 amide bonds. The van der Waals surface area contributed by atoms with Gasteiger partial charge in [0.1, 0.15) is 12.6 Å². The Balaban J connectivity index is 0.00000210. The first-order valence-corrected chi connectivity index (χ1v) is 8.95. The highest BCUT2D eigenvalue weighted by Gasteiger charge is 2.44. The third kappa shape index (κ3) is 3.65. The molecular weight excluding hydrogens is 370 g/mol. The van der Waals surface area contributed by atoms with Gasteiger partial charge in [0, 0.05) is 26.2 Å². The molecule has 0 aromatic heterocycles. The normalized spacial score (nSPS) is 17.0. The van der Waals surface area contributed by atoms with Gasteiger partial charge in [0.15, 0.2) is 0 Å². The first-order chi connectivity index (χ1) is 12.6. The Kier molecular flexibility index (Phi) is 5.96. The maximum atomic E-state index is 14.9. The van der Waals surface area contributed by atoms with E-state index in [-0.39, 0.29) is 12.4 Å². The van der Waals surface area contributed by atoms with Gasteiger partial charge in [0.2, 0.25) is 0 Å². The zero-order valence-electron chi connectivity index (χ0n) is 14.9. The summed E-state index contributed by atoms with van der Waals surface area (Å²) < 4.78 is 29.8. The van der Waals surface area contributed by atoms with Crippen molar-refractivity contribution in [2.24, 2.45) is 0 Å². The van der Waals surface area contributed by atoms with Crippen LogP contribution in [0.3, 0.4) is 0 Å². The van der Waals surface area contributed by atoms with E-state index in [1.165, 1.54) is 0 Å². The largest absolute Gasteiger partial charge is 0.390 e. The standard InChI is InChI=1S/C21H22F2N2O.ClH/c22-21(23,14-26)20(25-11-9-24-10-12-25)19-13-15-5-1-2-6-16(15)17-7-3-4-8-18(17)19;/h1-8,13,20,24,26H,9-12,14H2;1H/t20-;/m0./s1. The molecule has 0 radical (unpaired) electrons. The molecule has 0 spiro atoms. The summed E-state index contributed by atoms with van der Waals surface area (Å²) in [7, 11) is 0. The van der Waals surface area contributed by atoms with E-state index < -0.39 is 18.6 Å². The van der Waals surface area contributed by atoms with Crippen molar-refractivity contribution >= 4 is 34.0 Å². The maximum absolute atomic E-state index is 14.9. The number of rotatable bonds is 4. The summed E-state index contributed by atoms with van der Waals surface area (Å²) in [6, 6.07) is 16.3. The Morgan fingerprint density at radius 3 is 2.22 bits per heavy atom. The Morgan fingerprint density at radius 2 is 1.56 bits per heavy atom. The average Bonchev–Trinajstić information content (AvgIpc) is 2.69. The lowest BCUT2D eigenvalue weighted by molar-refractivity contribution is -0.118. The fourth-order valence-electron chi connectivity index (χ4n) is 4.03. The summed E-state index contributed by atoms with van der Waals surface area (Å²) in [5.41, 5.74) is 0.584. The van der Waals surface area contributed by atoms with Crippen molar-refractivity contribution in [2.45, 2.75) is 12.0 Å². The molecular formula is C21H23ClF2N2O. The van der Waals surface area contributed by atoms with Gasteiger partial charge < -0.3 is 10.4 Å². The molecule has 0 saturated carbocycles. The summed E-state index contributed by atoms with van der Waals surface area (Å²) in [4.78, 5) is 1.79. The highest BCUT2D eigenvalue weighted by molar-refractivity contribution is 6.09. The van der Waals surface area contributed by atoms with Gasteiger partial charge in [0.05, 0.1) is 0 Å². The van der Waals surface area contributed by atoms with Gasteiger partial charge in [0.25, 0.3) is 5.92 Å². The van der Waals surface area contributed by atoms with Crippen molar-refractivity contribution in [3.05, 3.63) is 60.2 Å². The van der Waals surface area contributed by atoms with E-state index in [0.717, 1.165) is 21.5 Å². The van der Waals surface area contributed by atoms with Crippen LogP contribution in [0.1, 0.15) is 11.6 Å². The van der Waals surface area contributed by atoms with E-state index in [2.05, 4.69) is 5.32 Å². The van der Waals surface area contributed by atoms with E-state index in [9.17, 15) is 13.9 Å². The predicted molar refractivity (Wildman–Crippen MR) is 108 cm³/mol. The number of aliphatic hydroxyl groups is 1. The minimum Gasteiger partial charge on any atom is -0.390 e. The lowest BCUT2D eigenvalue weighted by atomic mass is 9.89. The molecule has 3 aromatic rings. The van der Waals surface area contributed by atoms with Crippen LogP contribution in [0.2, 0.25) is 0 Å². The topological polar surface area (TPSA) is 35.5 Å². The highest BCUT2D eigenvalue weighted by Crippen LogP contribution is 2.41. The number of hydrogen-bond acceptors (Lipinski definition) is 3. The zero-order valence-corrected chi connectivity index (χ0v) is 15.7. The van der Waals surface area contributed by atoms with Crippen LogP contribution >= 0.6 is 12.4 Å². The van der Waals surface area contributed by atoms with E-state index in [4.69, 9.17) is 0 Å². The summed E-state index contributed by atoms with van der Waals surface area (Å²) in [6.45, 7) is 1.23. The van der Waals surface area contributed by atoms with Crippen LogP contribution in [0.4, 0.5) is 8.78 Å². The Bertz CT molecular complexity index is 928. The quantitative estimate of drug-likeness (QED) is 0.659. The van der Waals surface area contributed by atoms with Gasteiger partial charge in [-0.3, -0.25) is 4.90 Å². The van der Waals surface area contributed by atoms with Crippen LogP contribution in [0, 0.1) is 0 Å². The monoisotopic (exact) mass is 392 g/mol. The molecule has 0 bridgehead atoms. The second-order valence-electron chi connectivity index (χ2n) is 6.84. The number of halogens is 3. The fraction of sp³-hybridized carbons (Fsp3) is 0.333. The van der Waals surface area contributed by atoms with Crippen molar-refractivity contribution in [3.8, 4) is 0 Å². The van der Waals surface area contributed by atoms with Crippen LogP contribution in [0.5, 0.6) is 0 Å². The third-order valence-electron chi connectivity index (χ3n) is 5.22. The zero-order chi connectivity index (χ0) is 18.1. The Labute approximate surface area is 163 Å². The van der Waals surface area contributed by atoms with Crippen LogP contribution in [0.15, 0.2) is 54.6 Å². The van der Waals surface area contributed by atoms with Crippen LogP contribution in [0.25, 0.3) is 21.5 Å². The molecule has 4 rings (SSSR count). The van der Waals surface area contributed by atoms with E-state index in [1.807, 2.05) is 54.6 Å². The molecule has 3 aromatic carbocycles. The molecule has 144 valence electrons. The number of nitrogens with zero attached hydrogens (tertiary/aromatic N) is 1. The maximum Gasteiger partial charge on any atom is 0.289 e. The summed E-state index contributed by atoms with van der Waals surface area (Å²) >= 11 is 0. The summed E-state index contributed by atoms with van der Waals surface area (Å²) in [5.74, 6) is -3.22. The van der Waals surface area contributed by atoms with Crippen molar-refractivity contribution in [1.82, 2.24) is 10.2 Å². The molecule has 1 heterocycles. The number of hydrogen-bond donors (Lipinski definition) is 2. The Hall–Kier alpha value is -1.79. The van der Waals surface area contributed by atoms with Crippen LogP contribution in [-0.4, -0.2) is 48.7 Å². The van der Waals surface area contributed by atoms with Gasteiger partial charge in [-0.15, -0.1) is 12.4 Å². The number of aliphatic hydroxyl groups excluding tert-OH is 1. The summed E-state index contributed by atoms with van der Waals surface area (Å²) in [6.07, 6.45) is 0. The number of nitrogens with one attached hydrogen (secondary N) is 1. The average molecular weight is 393 g/mol. The van der Waals surface area contributed by atoms with E-state index in [1.54, 1.807) is 4.90 Å². The van der Waals surface area contributed by atoms with Crippen molar-refractivity contribution in [3.63, 3.8) is 0 Å². The predicted octanol–water partition coefficient (Wildman–Crippen LogP) is 3.99. The molecule has 2 N–H and O–H groups in total. The molecule has 27 heavy (non-hydrogen) atoms. The smallest absolute Gasteiger partial charge is 0.289 e. The first kappa shape index (κ1) is 20.0. The van der Waals surface area contributed by atoms with Crippen molar-refractivity contribution < 1.29 is 13.9 Å². The SMILES string of the molecule is Cl.OCC(F)(F)[C@H](c1cc2ccccc2c2ccccc12)N1CCNCC1. The lowest BCUT2D eigenvalue weighted by Gasteiger charge is -2.39. The number of fused-ring (bicyclic) bond motifs is 3.